The van der Waals surface area contributed by atoms with Crippen LogP contribution in [-0.2, 0) is 9.31 Å². The third-order valence-corrected chi connectivity index (χ3v) is 5.82. The lowest BCUT2D eigenvalue weighted by atomic mass is 9.55. The molecule has 0 radical (unpaired) electrons. The van der Waals surface area contributed by atoms with Gasteiger partial charge in [-0.2, -0.15) is 0 Å². The molecule has 0 aliphatic carbocycles. The van der Waals surface area contributed by atoms with Crippen LogP contribution < -0.4 is 0 Å². The molecule has 2 heterocycles. The SMILES string of the molecule is CC(C)(C)C1N(C(=O)O)CC=C(B2OC(C)(C)C(C)(C)O2)C1(C)C. The largest absolute Gasteiger partial charge is 0.490 e. The van der Waals surface area contributed by atoms with E-state index in [0.717, 1.165) is 5.47 Å². The highest BCUT2D eigenvalue weighted by Crippen LogP contribution is 2.49. The Labute approximate surface area is 146 Å². The van der Waals surface area contributed by atoms with Crippen LogP contribution >= 0.6 is 0 Å². The quantitative estimate of drug-likeness (QED) is 0.735. The number of carboxylic acid groups (broad SMARTS) is 1. The van der Waals surface area contributed by atoms with Gasteiger partial charge in [0, 0.05) is 18.0 Å². The normalized spacial score (nSPS) is 28.7. The minimum absolute atomic E-state index is 0.165. The second-order valence-corrected chi connectivity index (χ2v) is 9.67. The number of amides is 1. The fourth-order valence-electron chi connectivity index (χ4n) is 4.22. The van der Waals surface area contributed by atoms with Gasteiger partial charge in [-0.3, -0.25) is 0 Å². The zero-order valence-corrected chi connectivity index (χ0v) is 16.6. The van der Waals surface area contributed by atoms with Crippen molar-refractivity contribution < 1.29 is 19.2 Å². The van der Waals surface area contributed by atoms with Crippen LogP contribution in [-0.4, -0.2) is 47.0 Å². The van der Waals surface area contributed by atoms with E-state index in [1.165, 1.54) is 4.90 Å². The summed E-state index contributed by atoms with van der Waals surface area (Å²) in [5.74, 6) is 0. The molecule has 1 unspecified atom stereocenters. The first kappa shape index (κ1) is 19.3. The van der Waals surface area contributed by atoms with E-state index in [2.05, 4.69) is 34.6 Å². The first-order valence-corrected chi connectivity index (χ1v) is 8.67. The van der Waals surface area contributed by atoms with Crippen LogP contribution in [0.4, 0.5) is 4.79 Å². The Balaban J connectivity index is 2.44. The maximum atomic E-state index is 11.8. The number of hydrogen-bond acceptors (Lipinski definition) is 3. The lowest BCUT2D eigenvalue weighted by Crippen LogP contribution is -2.59. The van der Waals surface area contributed by atoms with E-state index >= 15 is 0 Å². The maximum absolute atomic E-state index is 11.8. The molecule has 2 aliphatic rings. The zero-order valence-electron chi connectivity index (χ0n) is 16.6. The highest BCUT2D eigenvalue weighted by molar-refractivity contribution is 6.55. The average molecular weight is 337 g/mol. The van der Waals surface area contributed by atoms with Gasteiger partial charge in [-0.1, -0.05) is 40.7 Å². The molecule has 0 saturated carbocycles. The van der Waals surface area contributed by atoms with Crippen molar-refractivity contribution in [1.29, 1.82) is 0 Å². The van der Waals surface area contributed by atoms with Gasteiger partial charge in [0.15, 0.2) is 0 Å². The van der Waals surface area contributed by atoms with Crippen molar-refractivity contribution in [1.82, 2.24) is 4.90 Å². The molecule has 1 saturated heterocycles. The van der Waals surface area contributed by atoms with Crippen LogP contribution in [0.5, 0.6) is 0 Å². The molecule has 0 aromatic carbocycles. The number of hydrogen-bond donors (Lipinski definition) is 1. The minimum atomic E-state index is -0.882. The molecular formula is C18H32BNO4. The van der Waals surface area contributed by atoms with Gasteiger partial charge in [0.1, 0.15) is 0 Å². The highest BCUT2D eigenvalue weighted by Gasteiger charge is 2.58. The summed E-state index contributed by atoms with van der Waals surface area (Å²) < 4.78 is 12.5. The van der Waals surface area contributed by atoms with Gasteiger partial charge in [0.05, 0.1) is 11.2 Å². The molecule has 0 bridgehead atoms. The van der Waals surface area contributed by atoms with Crippen LogP contribution in [0.25, 0.3) is 0 Å². The van der Waals surface area contributed by atoms with E-state index in [1.54, 1.807) is 0 Å². The molecule has 2 rings (SSSR count). The third kappa shape index (κ3) is 2.99. The van der Waals surface area contributed by atoms with Gasteiger partial charge in [-0.05, 0) is 38.6 Å². The Morgan fingerprint density at radius 3 is 2.00 bits per heavy atom. The summed E-state index contributed by atoms with van der Waals surface area (Å²) in [6.07, 6.45) is 1.09. The Kier molecular flexibility index (Phi) is 4.43. The summed E-state index contributed by atoms with van der Waals surface area (Å²) in [6.45, 7) is 18.9. The Morgan fingerprint density at radius 2 is 1.62 bits per heavy atom. The molecule has 136 valence electrons. The maximum Gasteiger partial charge on any atom is 0.490 e. The molecular weight excluding hydrogens is 305 g/mol. The number of nitrogens with zero attached hydrogens (tertiary/aromatic N) is 1. The van der Waals surface area contributed by atoms with E-state index < -0.39 is 29.8 Å². The van der Waals surface area contributed by atoms with Gasteiger partial charge in [0.2, 0.25) is 0 Å². The van der Waals surface area contributed by atoms with Gasteiger partial charge >= 0.3 is 13.2 Å². The van der Waals surface area contributed by atoms with E-state index in [0.29, 0.717) is 6.54 Å². The first-order valence-electron chi connectivity index (χ1n) is 8.67. The van der Waals surface area contributed by atoms with E-state index in [4.69, 9.17) is 9.31 Å². The molecule has 1 fully saturated rings. The summed E-state index contributed by atoms with van der Waals surface area (Å²) in [7, 11) is -0.439. The average Bonchev–Trinajstić information content (AvgIpc) is 2.54. The molecule has 1 amide bonds. The monoisotopic (exact) mass is 337 g/mol. The van der Waals surface area contributed by atoms with Crippen molar-refractivity contribution in [3.8, 4) is 0 Å². The number of rotatable bonds is 1. The summed E-state index contributed by atoms with van der Waals surface area (Å²) in [4.78, 5) is 13.3. The summed E-state index contributed by atoms with van der Waals surface area (Å²) in [6, 6.07) is -0.165. The van der Waals surface area contributed by atoms with Crippen molar-refractivity contribution in [2.45, 2.75) is 79.6 Å². The molecule has 0 aromatic rings. The molecule has 0 spiro atoms. The molecule has 0 aromatic heterocycles. The van der Waals surface area contributed by atoms with Gasteiger partial charge in [-0.15, -0.1) is 0 Å². The third-order valence-electron chi connectivity index (χ3n) is 5.82. The Morgan fingerprint density at radius 1 is 1.17 bits per heavy atom. The van der Waals surface area contributed by atoms with Crippen molar-refractivity contribution in [2.75, 3.05) is 6.54 Å². The van der Waals surface area contributed by atoms with Crippen LogP contribution in [0.2, 0.25) is 0 Å². The Bertz CT molecular complexity index is 544. The van der Waals surface area contributed by atoms with E-state index in [1.807, 2.05) is 33.8 Å². The standard InChI is InChI=1S/C18H32BNO4/c1-15(2,3)13-16(4,5)12(10-11-20(13)14(21)22)19-23-17(6,7)18(8,9)24-19/h10,13H,11H2,1-9H3,(H,21,22). The predicted molar refractivity (Wildman–Crippen MR) is 95.9 cm³/mol. The lowest BCUT2D eigenvalue weighted by Gasteiger charge is -2.51. The minimum Gasteiger partial charge on any atom is -0.465 e. The van der Waals surface area contributed by atoms with Crippen molar-refractivity contribution in [2.24, 2.45) is 10.8 Å². The van der Waals surface area contributed by atoms with Crippen LogP contribution in [0.3, 0.4) is 0 Å². The summed E-state index contributed by atoms with van der Waals surface area (Å²) in [5.41, 5.74) is -0.370. The van der Waals surface area contributed by atoms with Crippen molar-refractivity contribution in [3.63, 3.8) is 0 Å². The van der Waals surface area contributed by atoms with Gasteiger partial charge in [0.25, 0.3) is 0 Å². The Hall–Kier alpha value is -1.01. The molecule has 5 nitrogen and oxygen atoms in total. The molecule has 6 heteroatoms. The van der Waals surface area contributed by atoms with Crippen molar-refractivity contribution >= 4 is 13.2 Å². The van der Waals surface area contributed by atoms with E-state index in [-0.39, 0.29) is 11.5 Å². The summed E-state index contributed by atoms with van der Waals surface area (Å²) >= 11 is 0. The van der Waals surface area contributed by atoms with Gasteiger partial charge in [-0.25, -0.2) is 4.79 Å². The molecule has 1 N–H and O–H groups in total. The first-order chi connectivity index (χ1) is 10.6. The molecule has 1 atom stereocenters. The smallest absolute Gasteiger partial charge is 0.465 e. The van der Waals surface area contributed by atoms with Crippen LogP contribution in [0.15, 0.2) is 11.5 Å². The van der Waals surface area contributed by atoms with E-state index in [9.17, 15) is 9.90 Å². The molecule has 24 heavy (non-hydrogen) atoms. The highest BCUT2D eigenvalue weighted by atomic mass is 16.7. The van der Waals surface area contributed by atoms with Crippen LogP contribution in [0, 0.1) is 10.8 Å². The number of carbonyl (C=O) groups is 1. The molecule has 2 aliphatic heterocycles. The second-order valence-electron chi connectivity index (χ2n) is 9.67. The summed E-state index contributed by atoms with van der Waals surface area (Å²) in [5, 5.41) is 9.66. The van der Waals surface area contributed by atoms with Crippen LogP contribution in [0.1, 0.15) is 62.3 Å². The fraction of sp³-hybridized carbons (Fsp3) is 0.833. The fourth-order valence-corrected chi connectivity index (χ4v) is 4.22. The predicted octanol–water partition coefficient (Wildman–Crippen LogP) is 3.98. The zero-order chi connectivity index (χ0) is 18.7. The topological polar surface area (TPSA) is 59.0 Å². The van der Waals surface area contributed by atoms with Gasteiger partial charge < -0.3 is 19.3 Å². The van der Waals surface area contributed by atoms with Crippen molar-refractivity contribution in [3.05, 3.63) is 11.5 Å². The lowest BCUT2D eigenvalue weighted by molar-refractivity contribution is 0.00578. The second kappa shape index (κ2) is 5.50.